The molecule has 0 aromatic rings. The summed E-state index contributed by atoms with van der Waals surface area (Å²) in [5, 5.41) is 0. The third kappa shape index (κ3) is 2.66. The van der Waals surface area contributed by atoms with E-state index in [2.05, 4.69) is 25.5 Å². The summed E-state index contributed by atoms with van der Waals surface area (Å²) < 4.78 is 0. The van der Waals surface area contributed by atoms with Crippen LogP contribution in [0.15, 0.2) is 12.2 Å². The van der Waals surface area contributed by atoms with E-state index in [1.807, 2.05) is 0 Å². The molecule has 0 aliphatic carbocycles. The van der Waals surface area contributed by atoms with E-state index in [4.69, 9.17) is 0 Å². The molecule has 0 bridgehead atoms. The molecule has 1 heteroatoms. The van der Waals surface area contributed by atoms with Gasteiger partial charge in [-0.3, -0.25) is 0 Å². The Labute approximate surface area is 70.1 Å². The minimum Gasteiger partial charge on any atom is -0.306 e. The Bertz CT molecular complexity index is 140. The first-order chi connectivity index (χ1) is 5.20. The highest BCUT2D eigenvalue weighted by Crippen LogP contribution is 2.20. The maximum Gasteiger partial charge on any atom is 0.00437 e. The Hall–Kier alpha value is -0.300. The molecule has 1 nitrogen and oxygen atoms in total. The molecule has 64 valence electrons. The largest absolute Gasteiger partial charge is 0.306 e. The first kappa shape index (κ1) is 8.79. The SMILES string of the molecule is C=C(C)C1CCCCN(C)C1. The molecule has 0 spiro atoms. The summed E-state index contributed by atoms with van der Waals surface area (Å²) in [5.74, 6) is 0.752. The Balaban J connectivity index is 2.45. The normalized spacial score (nSPS) is 28.0. The minimum atomic E-state index is 0.752. The van der Waals surface area contributed by atoms with Crippen LogP contribution < -0.4 is 0 Å². The third-order valence-electron chi connectivity index (χ3n) is 2.57. The molecule has 0 radical (unpaired) electrons. The lowest BCUT2D eigenvalue weighted by Gasteiger charge is -2.19. The monoisotopic (exact) mass is 153 g/mol. The number of rotatable bonds is 1. The first-order valence-electron chi connectivity index (χ1n) is 4.54. The molecule has 1 rings (SSSR count). The average molecular weight is 153 g/mol. The Kier molecular flexibility index (Phi) is 3.13. The second kappa shape index (κ2) is 3.91. The van der Waals surface area contributed by atoms with Gasteiger partial charge in [-0.2, -0.15) is 0 Å². The van der Waals surface area contributed by atoms with Gasteiger partial charge in [-0.15, -0.1) is 0 Å². The third-order valence-corrected chi connectivity index (χ3v) is 2.57. The van der Waals surface area contributed by atoms with Gasteiger partial charge < -0.3 is 4.90 Å². The molecule has 0 saturated carbocycles. The van der Waals surface area contributed by atoms with Crippen LogP contribution >= 0.6 is 0 Å². The predicted molar refractivity (Wildman–Crippen MR) is 49.7 cm³/mol. The van der Waals surface area contributed by atoms with E-state index in [0.29, 0.717) is 0 Å². The van der Waals surface area contributed by atoms with E-state index in [9.17, 15) is 0 Å². The van der Waals surface area contributed by atoms with E-state index in [-0.39, 0.29) is 0 Å². The minimum absolute atomic E-state index is 0.752. The van der Waals surface area contributed by atoms with E-state index >= 15 is 0 Å². The van der Waals surface area contributed by atoms with Gasteiger partial charge in [-0.25, -0.2) is 0 Å². The van der Waals surface area contributed by atoms with Gasteiger partial charge in [0.15, 0.2) is 0 Å². The average Bonchev–Trinajstić information content (AvgIpc) is 2.13. The molecule has 1 fully saturated rings. The van der Waals surface area contributed by atoms with Crippen molar-refractivity contribution in [2.45, 2.75) is 26.2 Å². The van der Waals surface area contributed by atoms with Crippen molar-refractivity contribution in [1.82, 2.24) is 4.90 Å². The molecule has 1 saturated heterocycles. The molecule has 11 heavy (non-hydrogen) atoms. The van der Waals surface area contributed by atoms with Crippen LogP contribution in [-0.4, -0.2) is 25.0 Å². The molecule has 0 aromatic heterocycles. The zero-order chi connectivity index (χ0) is 8.27. The zero-order valence-electron chi connectivity index (χ0n) is 7.77. The van der Waals surface area contributed by atoms with Gasteiger partial charge in [0.25, 0.3) is 0 Å². The Morgan fingerprint density at radius 3 is 2.82 bits per heavy atom. The molecule has 1 aliphatic heterocycles. The number of likely N-dealkylation sites (tertiary alicyclic amines) is 1. The second-order valence-corrected chi connectivity index (χ2v) is 3.80. The van der Waals surface area contributed by atoms with Gasteiger partial charge in [0.2, 0.25) is 0 Å². The van der Waals surface area contributed by atoms with Gasteiger partial charge >= 0.3 is 0 Å². The summed E-state index contributed by atoms with van der Waals surface area (Å²) in [6, 6.07) is 0. The van der Waals surface area contributed by atoms with Gasteiger partial charge in [0, 0.05) is 6.54 Å². The van der Waals surface area contributed by atoms with Crippen molar-refractivity contribution in [2.75, 3.05) is 20.1 Å². The van der Waals surface area contributed by atoms with Crippen LogP contribution in [0.1, 0.15) is 26.2 Å². The molecule has 1 unspecified atom stereocenters. The van der Waals surface area contributed by atoms with Crippen LogP contribution in [0.2, 0.25) is 0 Å². The van der Waals surface area contributed by atoms with E-state index in [1.54, 1.807) is 0 Å². The van der Waals surface area contributed by atoms with Crippen LogP contribution in [0.5, 0.6) is 0 Å². The van der Waals surface area contributed by atoms with Crippen molar-refractivity contribution < 1.29 is 0 Å². The maximum atomic E-state index is 4.03. The van der Waals surface area contributed by atoms with Crippen molar-refractivity contribution in [3.05, 3.63) is 12.2 Å². The highest BCUT2D eigenvalue weighted by Gasteiger charge is 2.15. The fourth-order valence-electron chi connectivity index (χ4n) is 1.73. The number of hydrogen-bond acceptors (Lipinski definition) is 1. The van der Waals surface area contributed by atoms with Gasteiger partial charge in [-0.05, 0) is 39.3 Å². The van der Waals surface area contributed by atoms with Crippen LogP contribution in [0.3, 0.4) is 0 Å². The fourth-order valence-corrected chi connectivity index (χ4v) is 1.73. The van der Waals surface area contributed by atoms with E-state index in [0.717, 1.165) is 5.92 Å². The smallest absolute Gasteiger partial charge is 0.00437 e. The van der Waals surface area contributed by atoms with Gasteiger partial charge in [-0.1, -0.05) is 18.6 Å². The van der Waals surface area contributed by atoms with Crippen molar-refractivity contribution in [1.29, 1.82) is 0 Å². The van der Waals surface area contributed by atoms with Crippen LogP contribution in [0.4, 0.5) is 0 Å². The van der Waals surface area contributed by atoms with E-state index < -0.39 is 0 Å². The maximum absolute atomic E-state index is 4.03. The van der Waals surface area contributed by atoms with Gasteiger partial charge in [0.1, 0.15) is 0 Å². The zero-order valence-corrected chi connectivity index (χ0v) is 7.77. The molecule has 0 N–H and O–H groups in total. The summed E-state index contributed by atoms with van der Waals surface area (Å²) in [7, 11) is 2.21. The van der Waals surface area contributed by atoms with Crippen molar-refractivity contribution >= 4 is 0 Å². The molecule has 1 atom stereocenters. The van der Waals surface area contributed by atoms with Gasteiger partial charge in [0.05, 0.1) is 0 Å². The summed E-state index contributed by atoms with van der Waals surface area (Å²) in [4.78, 5) is 2.42. The van der Waals surface area contributed by atoms with Crippen molar-refractivity contribution in [2.24, 2.45) is 5.92 Å². The van der Waals surface area contributed by atoms with Crippen LogP contribution in [-0.2, 0) is 0 Å². The first-order valence-corrected chi connectivity index (χ1v) is 4.54. The summed E-state index contributed by atoms with van der Waals surface area (Å²) in [6.45, 7) is 8.67. The Morgan fingerprint density at radius 2 is 2.18 bits per heavy atom. The van der Waals surface area contributed by atoms with Crippen molar-refractivity contribution in [3.8, 4) is 0 Å². The van der Waals surface area contributed by atoms with Crippen LogP contribution in [0, 0.1) is 5.92 Å². The molecule has 0 aromatic carbocycles. The van der Waals surface area contributed by atoms with E-state index in [1.165, 1.54) is 37.9 Å². The molecule has 1 aliphatic rings. The molecule has 1 heterocycles. The lowest BCUT2D eigenvalue weighted by molar-refractivity contribution is 0.318. The molecule has 0 amide bonds. The second-order valence-electron chi connectivity index (χ2n) is 3.80. The fraction of sp³-hybridized carbons (Fsp3) is 0.800. The number of hydrogen-bond donors (Lipinski definition) is 0. The Morgan fingerprint density at radius 1 is 1.45 bits per heavy atom. The summed E-state index contributed by atoms with van der Waals surface area (Å²) in [6.07, 6.45) is 4.09. The highest BCUT2D eigenvalue weighted by molar-refractivity contribution is 4.97. The summed E-state index contributed by atoms with van der Waals surface area (Å²) >= 11 is 0. The number of nitrogens with zero attached hydrogens (tertiary/aromatic N) is 1. The highest BCUT2D eigenvalue weighted by atomic mass is 15.1. The molecular formula is C10H19N. The quantitative estimate of drug-likeness (QED) is 0.522. The standard InChI is InChI=1S/C10H19N/c1-9(2)10-6-4-5-7-11(3)8-10/h10H,1,4-8H2,2-3H3. The van der Waals surface area contributed by atoms with Crippen molar-refractivity contribution in [3.63, 3.8) is 0 Å². The lowest BCUT2D eigenvalue weighted by atomic mass is 9.97. The molecular weight excluding hydrogens is 134 g/mol. The topological polar surface area (TPSA) is 3.24 Å². The lowest BCUT2D eigenvalue weighted by Crippen LogP contribution is -2.24. The van der Waals surface area contributed by atoms with Crippen LogP contribution in [0.25, 0.3) is 0 Å². The predicted octanol–water partition coefficient (Wildman–Crippen LogP) is 2.29. The summed E-state index contributed by atoms with van der Waals surface area (Å²) in [5.41, 5.74) is 1.36.